The molecule has 3 aromatic rings. The minimum absolute atomic E-state index is 0.230. The van der Waals surface area contributed by atoms with Gasteiger partial charge in [0.1, 0.15) is 11.5 Å². The first kappa shape index (κ1) is 18.5. The Morgan fingerprint density at radius 3 is 2.48 bits per heavy atom. The Morgan fingerprint density at radius 1 is 1.07 bits per heavy atom. The van der Waals surface area contributed by atoms with E-state index in [1.165, 1.54) is 12.3 Å². The highest BCUT2D eigenvalue weighted by molar-refractivity contribution is 6.03. The number of nitrogens with one attached hydrogen (secondary N) is 2. The Balaban J connectivity index is 1.73. The highest BCUT2D eigenvalue weighted by Crippen LogP contribution is 2.22. The molecule has 0 fully saturated rings. The van der Waals surface area contributed by atoms with E-state index in [4.69, 9.17) is 0 Å². The summed E-state index contributed by atoms with van der Waals surface area (Å²) in [6, 6.07) is 12.1. The zero-order valence-corrected chi connectivity index (χ0v) is 15.5. The maximum absolute atomic E-state index is 13.7. The number of aromatic nitrogens is 2. The summed E-state index contributed by atoms with van der Waals surface area (Å²) in [5.74, 6) is -0.353. The van der Waals surface area contributed by atoms with E-state index in [-0.39, 0.29) is 29.9 Å². The second-order valence-electron chi connectivity index (χ2n) is 6.44. The predicted octanol–water partition coefficient (Wildman–Crippen LogP) is 4.41. The first-order chi connectivity index (χ1) is 12.9. The molecule has 0 atom stereocenters. The standard InChI is InChI=1S/C21H21FN4O/c1-13-10-14(2)19(15(3)11-13)26-20(27)18-8-9-23-21(25-18)24-12-16-6-4-5-7-17(16)22/h4-11H,12H2,1-3H3,(H,26,27)(H,23,24,25). The number of amides is 1. The highest BCUT2D eigenvalue weighted by atomic mass is 19.1. The molecule has 27 heavy (non-hydrogen) atoms. The van der Waals surface area contributed by atoms with Crippen LogP contribution in [0, 0.1) is 26.6 Å². The van der Waals surface area contributed by atoms with E-state index in [1.807, 2.05) is 32.9 Å². The number of halogens is 1. The lowest BCUT2D eigenvalue weighted by Crippen LogP contribution is -2.17. The molecule has 0 aliphatic heterocycles. The summed E-state index contributed by atoms with van der Waals surface area (Å²) in [5, 5.41) is 5.86. The van der Waals surface area contributed by atoms with Crippen molar-refractivity contribution >= 4 is 17.5 Å². The maximum Gasteiger partial charge on any atom is 0.274 e. The van der Waals surface area contributed by atoms with Gasteiger partial charge in [0.2, 0.25) is 5.95 Å². The molecule has 0 aliphatic carbocycles. The molecule has 2 aromatic carbocycles. The van der Waals surface area contributed by atoms with E-state index in [1.54, 1.807) is 24.3 Å². The van der Waals surface area contributed by atoms with Gasteiger partial charge in [-0.25, -0.2) is 14.4 Å². The van der Waals surface area contributed by atoms with E-state index >= 15 is 0 Å². The molecule has 1 heterocycles. The molecule has 0 spiro atoms. The number of rotatable bonds is 5. The van der Waals surface area contributed by atoms with Crippen molar-refractivity contribution in [1.29, 1.82) is 0 Å². The minimum atomic E-state index is -0.318. The molecule has 0 radical (unpaired) electrons. The molecule has 1 amide bonds. The van der Waals surface area contributed by atoms with Gasteiger partial charge < -0.3 is 10.6 Å². The lowest BCUT2D eigenvalue weighted by molar-refractivity contribution is 0.102. The van der Waals surface area contributed by atoms with E-state index in [0.717, 1.165) is 22.4 Å². The number of benzene rings is 2. The maximum atomic E-state index is 13.7. The molecule has 0 bridgehead atoms. The predicted molar refractivity (Wildman–Crippen MR) is 104 cm³/mol. The van der Waals surface area contributed by atoms with Gasteiger partial charge in [0.05, 0.1) is 0 Å². The van der Waals surface area contributed by atoms with Crippen molar-refractivity contribution in [2.45, 2.75) is 27.3 Å². The molecule has 0 saturated heterocycles. The highest BCUT2D eigenvalue weighted by Gasteiger charge is 2.13. The van der Waals surface area contributed by atoms with E-state index in [0.29, 0.717) is 5.56 Å². The summed E-state index contributed by atoms with van der Waals surface area (Å²) in [6.07, 6.45) is 1.50. The third kappa shape index (κ3) is 4.47. The molecule has 5 nitrogen and oxygen atoms in total. The van der Waals surface area contributed by atoms with Gasteiger partial charge in [-0.2, -0.15) is 0 Å². The number of carbonyl (C=O) groups is 1. The topological polar surface area (TPSA) is 66.9 Å². The average molecular weight is 364 g/mol. The third-order valence-corrected chi connectivity index (χ3v) is 4.20. The van der Waals surface area contributed by atoms with E-state index in [9.17, 15) is 9.18 Å². The molecule has 0 unspecified atom stereocenters. The molecule has 2 N–H and O–H groups in total. The summed E-state index contributed by atoms with van der Waals surface area (Å²) in [7, 11) is 0. The van der Waals surface area contributed by atoms with Gasteiger partial charge in [-0.3, -0.25) is 4.79 Å². The molecular formula is C21H21FN4O. The summed E-state index contributed by atoms with van der Waals surface area (Å²) >= 11 is 0. The Morgan fingerprint density at radius 2 is 1.78 bits per heavy atom. The number of anilines is 2. The fourth-order valence-electron chi connectivity index (χ4n) is 2.94. The van der Waals surface area contributed by atoms with Crippen molar-refractivity contribution in [2.75, 3.05) is 10.6 Å². The zero-order valence-electron chi connectivity index (χ0n) is 15.5. The Kier molecular flexibility index (Phi) is 5.45. The van der Waals surface area contributed by atoms with Crippen molar-refractivity contribution < 1.29 is 9.18 Å². The van der Waals surface area contributed by atoms with Gasteiger partial charge >= 0.3 is 0 Å². The van der Waals surface area contributed by atoms with Crippen LogP contribution in [-0.2, 0) is 6.54 Å². The van der Waals surface area contributed by atoms with E-state index in [2.05, 4.69) is 20.6 Å². The zero-order chi connectivity index (χ0) is 19.4. The van der Waals surface area contributed by atoms with Gasteiger partial charge in [0.15, 0.2) is 0 Å². The van der Waals surface area contributed by atoms with Crippen LogP contribution in [0.2, 0.25) is 0 Å². The summed E-state index contributed by atoms with van der Waals surface area (Å²) in [5.41, 5.74) is 4.65. The third-order valence-electron chi connectivity index (χ3n) is 4.20. The smallest absolute Gasteiger partial charge is 0.274 e. The van der Waals surface area contributed by atoms with Crippen LogP contribution >= 0.6 is 0 Å². The van der Waals surface area contributed by atoms with Gasteiger partial charge in [-0.05, 0) is 44.0 Å². The Hall–Kier alpha value is -3.28. The van der Waals surface area contributed by atoms with Gasteiger partial charge in [-0.15, -0.1) is 0 Å². The summed E-state index contributed by atoms with van der Waals surface area (Å²) in [6.45, 7) is 6.16. The quantitative estimate of drug-likeness (QED) is 0.704. The van der Waals surface area contributed by atoms with E-state index < -0.39 is 0 Å². The molecule has 0 saturated carbocycles. The number of hydrogen-bond acceptors (Lipinski definition) is 4. The van der Waals surface area contributed by atoms with Crippen LogP contribution in [0.15, 0.2) is 48.7 Å². The number of aryl methyl sites for hydroxylation is 3. The average Bonchev–Trinajstić information content (AvgIpc) is 2.64. The van der Waals surface area contributed by atoms with Crippen LogP contribution in [0.4, 0.5) is 16.0 Å². The number of nitrogens with zero attached hydrogens (tertiary/aromatic N) is 2. The molecule has 6 heteroatoms. The molecule has 3 rings (SSSR count). The molecular weight excluding hydrogens is 343 g/mol. The summed E-state index contributed by atoms with van der Waals surface area (Å²) < 4.78 is 13.7. The second-order valence-corrected chi connectivity index (χ2v) is 6.44. The first-order valence-electron chi connectivity index (χ1n) is 8.63. The molecule has 1 aromatic heterocycles. The minimum Gasteiger partial charge on any atom is -0.350 e. The van der Waals surface area contributed by atoms with Crippen molar-refractivity contribution in [3.63, 3.8) is 0 Å². The lowest BCUT2D eigenvalue weighted by Gasteiger charge is -2.13. The van der Waals surface area contributed by atoms with Crippen LogP contribution in [0.25, 0.3) is 0 Å². The monoisotopic (exact) mass is 364 g/mol. The molecule has 138 valence electrons. The normalized spacial score (nSPS) is 10.5. The van der Waals surface area contributed by atoms with Crippen molar-refractivity contribution in [3.05, 3.63) is 82.4 Å². The second kappa shape index (κ2) is 7.95. The fourth-order valence-corrected chi connectivity index (χ4v) is 2.94. The Bertz CT molecular complexity index is 964. The fraction of sp³-hybridized carbons (Fsp3) is 0.190. The van der Waals surface area contributed by atoms with Crippen LogP contribution < -0.4 is 10.6 Å². The van der Waals surface area contributed by atoms with Gasteiger partial charge in [-0.1, -0.05) is 35.9 Å². The van der Waals surface area contributed by atoms with Gasteiger partial charge in [0, 0.05) is 24.0 Å². The van der Waals surface area contributed by atoms with Crippen LogP contribution in [-0.4, -0.2) is 15.9 Å². The SMILES string of the molecule is Cc1cc(C)c(NC(=O)c2ccnc(NCc3ccccc3F)n2)c(C)c1. The van der Waals surface area contributed by atoms with Crippen LogP contribution in [0.5, 0.6) is 0 Å². The van der Waals surface area contributed by atoms with Gasteiger partial charge in [0.25, 0.3) is 5.91 Å². The van der Waals surface area contributed by atoms with Crippen LogP contribution in [0.1, 0.15) is 32.7 Å². The number of carbonyl (C=O) groups excluding carboxylic acids is 1. The lowest BCUT2D eigenvalue weighted by atomic mass is 10.1. The number of hydrogen-bond donors (Lipinski definition) is 2. The van der Waals surface area contributed by atoms with Crippen molar-refractivity contribution in [3.8, 4) is 0 Å². The molecule has 0 aliphatic rings. The van der Waals surface area contributed by atoms with Crippen molar-refractivity contribution in [2.24, 2.45) is 0 Å². The first-order valence-corrected chi connectivity index (χ1v) is 8.63. The van der Waals surface area contributed by atoms with Crippen LogP contribution in [0.3, 0.4) is 0 Å². The Labute approximate surface area is 157 Å². The largest absolute Gasteiger partial charge is 0.350 e. The van der Waals surface area contributed by atoms with Crippen molar-refractivity contribution in [1.82, 2.24) is 9.97 Å². The summed E-state index contributed by atoms with van der Waals surface area (Å²) in [4.78, 5) is 20.9.